The van der Waals surface area contributed by atoms with Gasteiger partial charge >= 0.3 is 12.2 Å². The molecule has 32 heavy (non-hydrogen) atoms. The zero-order valence-corrected chi connectivity index (χ0v) is 19.4. The molecule has 2 fully saturated rings. The number of carbonyl (C=O) groups is 2. The smallest absolute Gasteiger partial charge is 0.437 e. The highest BCUT2D eigenvalue weighted by molar-refractivity contribution is 7.90. The molecule has 2 unspecified atom stereocenters. The van der Waals surface area contributed by atoms with Gasteiger partial charge in [0.15, 0.2) is 0 Å². The summed E-state index contributed by atoms with van der Waals surface area (Å²) in [5.41, 5.74) is -1.40. The Morgan fingerprint density at radius 2 is 1.97 bits per heavy atom. The lowest BCUT2D eigenvalue weighted by Gasteiger charge is -2.44. The first-order valence-corrected chi connectivity index (χ1v) is 11.6. The van der Waals surface area contributed by atoms with Gasteiger partial charge in [0, 0.05) is 13.6 Å². The molecule has 1 aromatic carbocycles. The summed E-state index contributed by atoms with van der Waals surface area (Å²) < 4.78 is 38.3. The second kappa shape index (κ2) is 8.45. The molecule has 2 amide bonds. The van der Waals surface area contributed by atoms with Crippen LogP contribution in [0.4, 0.5) is 9.59 Å². The van der Waals surface area contributed by atoms with Crippen LogP contribution >= 0.6 is 0 Å². The number of nitrogens with zero attached hydrogens (tertiary/aromatic N) is 3. The molecule has 0 radical (unpaired) electrons. The maximum absolute atomic E-state index is 13.5. The molecule has 1 aromatic rings. The van der Waals surface area contributed by atoms with Gasteiger partial charge in [-0.25, -0.2) is 22.3 Å². The molecule has 2 atom stereocenters. The molecular formula is C21H28N4O6S. The minimum Gasteiger partial charge on any atom is -0.445 e. The summed E-state index contributed by atoms with van der Waals surface area (Å²) >= 11 is 0. The van der Waals surface area contributed by atoms with Crippen molar-refractivity contribution in [3.8, 4) is 0 Å². The Kier molecular flexibility index (Phi) is 6.23. The number of nitrogens with one attached hydrogen (secondary N) is 1. The fraction of sp³-hybridized carbons (Fsp3) is 0.476. The standard InChI is InChI=1S/C21H28N4O6S/c1-6-12-30-19(27)25-13-16-21(14-25,15-10-8-7-9-11-15)23-17(24(5)32(16,28)29)22-18(26)31-20(2,3)4/h6-11,16H,1,12-14H2,2-5H3,(H,22,23,26). The van der Waals surface area contributed by atoms with Crippen LogP contribution in [-0.2, 0) is 25.0 Å². The number of ether oxygens (including phenoxy) is 2. The monoisotopic (exact) mass is 464 g/mol. The van der Waals surface area contributed by atoms with Crippen LogP contribution in [-0.4, -0.2) is 73.4 Å². The number of hydrogen-bond acceptors (Lipinski definition) is 6. The van der Waals surface area contributed by atoms with E-state index < -0.39 is 38.6 Å². The van der Waals surface area contributed by atoms with Gasteiger partial charge in [-0.3, -0.25) is 0 Å². The third-order valence-corrected chi connectivity index (χ3v) is 7.42. The zero-order chi connectivity index (χ0) is 23.7. The van der Waals surface area contributed by atoms with Crippen molar-refractivity contribution < 1.29 is 27.5 Å². The quantitative estimate of drug-likeness (QED) is 0.680. The summed E-state index contributed by atoms with van der Waals surface area (Å²) in [5.74, 6) is -0.180. The van der Waals surface area contributed by atoms with Crippen molar-refractivity contribution >= 4 is 28.2 Å². The summed E-state index contributed by atoms with van der Waals surface area (Å²) in [5, 5.41) is 2.10. The number of amides is 2. The molecule has 3 rings (SSSR count). The summed E-state index contributed by atoms with van der Waals surface area (Å²) in [4.78, 5) is 30.1. The largest absolute Gasteiger partial charge is 0.445 e. The maximum Gasteiger partial charge on any atom is 0.437 e. The average molecular weight is 465 g/mol. The van der Waals surface area contributed by atoms with Crippen LogP contribution in [0.3, 0.4) is 0 Å². The first kappa shape index (κ1) is 23.6. The van der Waals surface area contributed by atoms with Crippen LogP contribution in [0.2, 0.25) is 0 Å². The Labute approximate surface area is 187 Å². The highest BCUT2D eigenvalue weighted by atomic mass is 32.2. The van der Waals surface area contributed by atoms with Gasteiger partial charge in [-0.2, -0.15) is 0 Å². The van der Waals surface area contributed by atoms with Gasteiger partial charge in [-0.05, 0) is 26.3 Å². The van der Waals surface area contributed by atoms with Crippen molar-refractivity contribution in [2.75, 3.05) is 26.7 Å². The minimum absolute atomic E-state index is 0.00192. The number of benzene rings is 1. The van der Waals surface area contributed by atoms with Crippen molar-refractivity contribution in [2.24, 2.45) is 4.99 Å². The van der Waals surface area contributed by atoms with Gasteiger partial charge < -0.3 is 19.7 Å². The van der Waals surface area contributed by atoms with E-state index in [0.717, 1.165) is 4.31 Å². The van der Waals surface area contributed by atoms with E-state index in [0.29, 0.717) is 5.56 Å². The lowest BCUT2D eigenvalue weighted by atomic mass is 9.88. The normalized spacial score (nSPS) is 25.6. The van der Waals surface area contributed by atoms with Crippen molar-refractivity contribution in [3.05, 3.63) is 48.6 Å². The van der Waals surface area contributed by atoms with Crippen molar-refractivity contribution in [1.82, 2.24) is 14.5 Å². The highest BCUT2D eigenvalue weighted by Gasteiger charge is 2.60. The first-order chi connectivity index (χ1) is 14.9. The molecule has 0 aliphatic carbocycles. The van der Waals surface area contributed by atoms with Crippen LogP contribution in [0.1, 0.15) is 26.3 Å². The van der Waals surface area contributed by atoms with Crippen LogP contribution in [0.15, 0.2) is 48.0 Å². The third-order valence-electron chi connectivity index (χ3n) is 5.21. The second-order valence-corrected chi connectivity index (χ2v) is 10.8. The maximum atomic E-state index is 13.5. The van der Waals surface area contributed by atoms with Gasteiger partial charge in [0.1, 0.15) is 23.0 Å². The van der Waals surface area contributed by atoms with E-state index in [9.17, 15) is 18.0 Å². The number of fused-ring (bicyclic) bond motifs is 1. The lowest BCUT2D eigenvalue weighted by molar-refractivity contribution is 0.0601. The summed E-state index contributed by atoms with van der Waals surface area (Å²) in [6, 6.07) is 8.89. The number of likely N-dealkylation sites (tertiary alicyclic amines) is 1. The van der Waals surface area contributed by atoms with Crippen LogP contribution in [0, 0.1) is 0 Å². The number of rotatable bonds is 3. The van der Waals surface area contributed by atoms with E-state index in [2.05, 4.69) is 16.9 Å². The van der Waals surface area contributed by atoms with E-state index in [1.165, 1.54) is 18.0 Å². The molecule has 11 heteroatoms. The summed E-state index contributed by atoms with van der Waals surface area (Å²) in [6.45, 7) is 8.48. The zero-order valence-electron chi connectivity index (χ0n) is 18.6. The number of carbonyl (C=O) groups excluding carboxylic acids is 2. The molecule has 10 nitrogen and oxygen atoms in total. The minimum atomic E-state index is -4.01. The Morgan fingerprint density at radius 3 is 2.56 bits per heavy atom. The van der Waals surface area contributed by atoms with Crippen molar-refractivity contribution in [1.29, 1.82) is 0 Å². The average Bonchev–Trinajstić information content (AvgIpc) is 3.11. The number of hydrogen-bond donors (Lipinski definition) is 1. The van der Waals surface area contributed by atoms with E-state index in [-0.39, 0.29) is 25.7 Å². The van der Waals surface area contributed by atoms with E-state index >= 15 is 0 Å². The molecule has 0 saturated carbocycles. The molecule has 1 N–H and O–H groups in total. The van der Waals surface area contributed by atoms with Crippen LogP contribution < -0.4 is 5.32 Å². The number of guanidine groups is 1. The molecule has 2 heterocycles. The van der Waals surface area contributed by atoms with Crippen molar-refractivity contribution in [3.63, 3.8) is 0 Å². The Morgan fingerprint density at radius 1 is 1.31 bits per heavy atom. The molecule has 0 bridgehead atoms. The van der Waals surface area contributed by atoms with Gasteiger partial charge in [-0.15, -0.1) is 4.99 Å². The SMILES string of the molecule is C=CCOC(=O)N1CC2C(c3ccccc3)(C1)N/C(=N/C(=O)OC(C)(C)C)N(C)S2(=O)=O. The molecule has 174 valence electrons. The van der Waals surface area contributed by atoms with Gasteiger partial charge in [0.25, 0.3) is 0 Å². The molecule has 2 saturated heterocycles. The van der Waals surface area contributed by atoms with Gasteiger partial charge in [-0.1, -0.05) is 43.0 Å². The first-order valence-electron chi connectivity index (χ1n) is 10.1. The van der Waals surface area contributed by atoms with E-state index in [1.807, 2.05) is 0 Å². The fourth-order valence-electron chi connectivity index (χ4n) is 3.80. The molecule has 0 spiro atoms. The molecule has 2 aliphatic heterocycles. The molecular weight excluding hydrogens is 436 g/mol. The summed E-state index contributed by atoms with van der Waals surface area (Å²) in [7, 11) is -2.70. The van der Waals surface area contributed by atoms with E-state index in [4.69, 9.17) is 9.47 Å². The predicted octanol–water partition coefficient (Wildman–Crippen LogP) is 2.04. The topological polar surface area (TPSA) is 118 Å². The number of aliphatic imine (C=N–C) groups is 1. The molecule has 2 aliphatic rings. The lowest BCUT2D eigenvalue weighted by Crippen LogP contribution is -2.67. The highest BCUT2D eigenvalue weighted by Crippen LogP contribution is 2.40. The third kappa shape index (κ3) is 4.43. The number of sulfonamides is 1. The van der Waals surface area contributed by atoms with Crippen LogP contribution in [0.5, 0.6) is 0 Å². The van der Waals surface area contributed by atoms with E-state index in [1.54, 1.807) is 51.1 Å². The van der Waals surface area contributed by atoms with Crippen LogP contribution in [0.25, 0.3) is 0 Å². The molecule has 0 aromatic heterocycles. The van der Waals surface area contributed by atoms with Crippen molar-refractivity contribution in [2.45, 2.75) is 37.2 Å². The predicted molar refractivity (Wildman–Crippen MR) is 119 cm³/mol. The second-order valence-electron chi connectivity index (χ2n) is 8.63. The Hall–Kier alpha value is -3.08. The Bertz CT molecular complexity index is 1030. The Balaban J connectivity index is 2.07. The summed E-state index contributed by atoms with van der Waals surface area (Å²) in [6.07, 6.45) is -0.147. The van der Waals surface area contributed by atoms with Gasteiger partial charge in [0.05, 0.1) is 6.54 Å². The fourth-order valence-corrected chi connectivity index (χ4v) is 5.65. The van der Waals surface area contributed by atoms with Gasteiger partial charge in [0.2, 0.25) is 16.0 Å².